The summed E-state index contributed by atoms with van der Waals surface area (Å²) in [5, 5.41) is 1.50. The Labute approximate surface area is 158 Å². The number of esters is 1. The van der Waals surface area contributed by atoms with Crippen molar-refractivity contribution < 1.29 is 22.3 Å². The van der Waals surface area contributed by atoms with Crippen LogP contribution in [0.3, 0.4) is 0 Å². The van der Waals surface area contributed by atoms with Crippen molar-refractivity contribution in [1.29, 1.82) is 0 Å². The van der Waals surface area contributed by atoms with Crippen LogP contribution in [0.2, 0.25) is 0 Å². The maximum absolute atomic E-state index is 13.0. The highest BCUT2D eigenvalue weighted by Gasteiger charge is 2.24. The molecule has 10 heteroatoms. The van der Waals surface area contributed by atoms with Crippen molar-refractivity contribution in [3.63, 3.8) is 0 Å². The number of sulfonamides is 1. The quantitative estimate of drug-likeness (QED) is 0.631. The first kappa shape index (κ1) is 19.1. The zero-order valence-corrected chi connectivity index (χ0v) is 15.7. The van der Waals surface area contributed by atoms with E-state index >= 15 is 0 Å². The van der Waals surface area contributed by atoms with Crippen molar-refractivity contribution >= 4 is 27.3 Å². The van der Waals surface area contributed by atoms with E-state index in [9.17, 15) is 17.6 Å². The topological polar surface area (TPSA) is 98.2 Å². The average molecular weight is 407 g/mol. The first-order valence-electron chi connectivity index (χ1n) is 7.63. The van der Waals surface area contributed by atoms with Crippen LogP contribution in [0.4, 0.5) is 4.39 Å². The van der Waals surface area contributed by atoms with Gasteiger partial charge in [0, 0.05) is 5.56 Å². The summed E-state index contributed by atoms with van der Waals surface area (Å²) in [7, 11) is -2.75. The van der Waals surface area contributed by atoms with E-state index in [-0.39, 0.29) is 22.1 Å². The van der Waals surface area contributed by atoms with Crippen LogP contribution in [0.1, 0.15) is 15.4 Å². The van der Waals surface area contributed by atoms with E-state index in [4.69, 9.17) is 0 Å². The minimum absolute atomic E-state index is 0.000288. The second kappa shape index (κ2) is 7.91. The van der Waals surface area contributed by atoms with Gasteiger partial charge in [-0.15, -0.1) is 11.3 Å². The van der Waals surface area contributed by atoms with Crippen LogP contribution in [0.15, 0.2) is 53.0 Å². The fourth-order valence-corrected chi connectivity index (χ4v) is 4.60. The monoisotopic (exact) mass is 407 g/mol. The molecular formula is C17H14FN3O4S2. The number of carbonyl (C=O) groups excluding carboxylic acids is 1. The number of benzene rings is 1. The number of ether oxygens (including phenoxy) is 1. The molecule has 0 saturated carbocycles. The summed E-state index contributed by atoms with van der Waals surface area (Å²) in [4.78, 5) is 19.7. The summed E-state index contributed by atoms with van der Waals surface area (Å²) in [6, 6.07) is 8.70. The number of carbonyl (C=O) groups is 1. The van der Waals surface area contributed by atoms with Gasteiger partial charge < -0.3 is 4.74 Å². The van der Waals surface area contributed by atoms with Crippen LogP contribution in [-0.2, 0) is 21.3 Å². The van der Waals surface area contributed by atoms with Gasteiger partial charge in [0.15, 0.2) is 0 Å². The molecule has 3 aromatic rings. The third-order valence-corrected chi connectivity index (χ3v) is 6.06. The Morgan fingerprint density at radius 3 is 2.67 bits per heavy atom. The van der Waals surface area contributed by atoms with E-state index in [2.05, 4.69) is 19.4 Å². The first-order chi connectivity index (χ1) is 12.9. The van der Waals surface area contributed by atoms with Crippen LogP contribution in [0.5, 0.6) is 0 Å². The third kappa shape index (κ3) is 4.35. The van der Waals surface area contributed by atoms with E-state index in [1.807, 2.05) is 0 Å². The standard InChI is InChI=1S/C17H14FN3O4S2/c1-25-17(22)16-15(6-7-26-16)27(23,24)21-9-13-8-14(20-10-19-13)11-2-4-12(18)5-3-11/h2-8,10,21H,9H2,1H3. The lowest BCUT2D eigenvalue weighted by Gasteiger charge is -2.08. The van der Waals surface area contributed by atoms with Gasteiger partial charge >= 0.3 is 5.97 Å². The summed E-state index contributed by atoms with van der Waals surface area (Å²) >= 11 is 0.982. The van der Waals surface area contributed by atoms with Gasteiger partial charge in [-0.25, -0.2) is 32.3 Å². The van der Waals surface area contributed by atoms with E-state index in [1.54, 1.807) is 18.2 Å². The lowest BCUT2D eigenvalue weighted by Crippen LogP contribution is -2.25. The van der Waals surface area contributed by atoms with Crippen LogP contribution in [0, 0.1) is 5.82 Å². The SMILES string of the molecule is COC(=O)c1sccc1S(=O)(=O)NCc1cc(-c2ccc(F)cc2)ncn1. The number of nitrogens with zero attached hydrogens (tertiary/aromatic N) is 2. The minimum atomic E-state index is -3.93. The number of thiophene rings is 1. The average Bonchev–Trinajstić information content (AvgIpc) is 3.18. The number of rotatable bonds is 6. The summed E-state index contributed by atoms with van der Waals surface area (Å²) in [6.07, 6.45) is 1.30. The Bertz CT molecular complexity index is 1070. The van der Waals surface area contributed by atoms with Crippen LogP contribution in [-0.4, -0.2) is 31.5 Å². The smallest absolute Gasteiger partial charge is 0.349 e. The molecule has 0 radical (unpaired) electrons. The summed E-state index contributed by atoms with van der Waals surface area (Å²) < 4.78 is 45.1. The Morgan fingerprint density at radius 2 is 1.96 bits per heavy atom. The maximum atomic E-state index is 13.0. The Hall–Kier alpha value is -2.69. The van der Waals surface area contributed by atoms with Gasteiger partial charge in [-0.1, -0.05) is 0 Å². The molecule has 3 rings (SSSR count). The van der Waals surface area contributed by atoms with E-state index < -0.39 is 16.0 Å². The molecular weight excluding hydrogens is 393 g/mol. The number of hydrogen-bond donors (Lipinski definition) is 1. The van der Waals surface area contributed by atoms with Gasteiger partial charge in [0.2, 0.25) is 10.0 Å². The molecule has 0 spiro atoms. The van der Waals surface area contributed by atoms with Crippen LogP contribution < -0.4 is 4.72 Å². The largest absolute Gasteiger partial charge is 0.465 e. The van der Waals surface area contributed by atoms with Gasteiger partial charge in [0.1, 0.15) is 21.9 Å². The fraction of sp³-hybridized carbons (Fsp3) is 0.118. The lowest BCUT2D eigenvalue weighted by molar-refractivity contribution is 0.0602. The highest BCUT2D eigenvalue weighted by atomic mass is 32.2. The van der Waals surface area contributed by atoms with Crippen molar-refractivity contribution in [3.05, 3.63) is 64.5 Å². The molecule has 1 aromatic carbocycles. The molecule has 0 atom stereocenters. The zero-order chi connectivity index (χ0) is 19.4. The lowest BCUT2D eigenvalue weighted by atomic mass is 10.1. The highest BCUT2D eigenvalue weighted by molar-refractivity contribution is 7.89. The van der Waals surface area contributed by atoms with E-state index in [0.717, 1.165) is 11.3 Å². The maximum Gasteiger partial charge on any atom is 0.349 e. The molecule has 2 heterocycles. The van der Waals surface area contributed by atoms with E-state index in [1.165, 1.54) is 37.0 Å². The molecule has 140 valence electrons. The molecule has 27 heavy (non-hydrogen) atoms. The first-order valence-corrected chi connectivity index (χ1v) is 9.99. The number of nitrogens with one attached hydrogen (secondary N) is 1. The molecule has 0 unspecified atom stereocenters. The fourth-order valence-electron chi connectivity index (χ4n) is 2.27. The van der Waals surface area contributed by atoms with Gasteiger partial charge in [-0.3, -0.25) is 0 Å². The van der Waals surface area contributed by atoms with Crippen molar-refractivity contribution in [3.8, 4) is 11.3 Å². The predicted molar refractivity (Wildman–Crippen MR) is 97.1 cm³/mol. The molecule has 0 aliphatic heterocycles. The molecule has 7 nitrogen and oxygen atoms in total. The number of aromatic nitrogens is 2. The third-order valence-electron chi connectivity index (χ3n) is 3.60. The van der Waals surface area contributed by atoms with E-state index in [0.29, 0.717) is 17.0 Å². The Balaban J connectivity index is 1.79. The summed E-state index contributed by atoms with van der Waals surface area (Å²) in [5.41, 5.74) is 1.63. The molecule has 2 aromatic heterocycles. The Morgan fingerprint density at radius 1 is 1.22 bits per heavy atom. The summed E-state index contributed by atoms with van der Waals surface area (Å²) in [6.45, 7) is -0.102. The highest BCUT2D eigenvalue weighted by Crippen LogP contribution is 2.23. The number of hydrogen-bond acceptors (Lipinski definition) is 7. The molecule has 0 bridgehead atoms. The van der Waals surface area contributed by atoms with Crippen molar-refractivity contribution in [2.45, 2.75) is 11.4 Å². The number of halogens is 1. The second-order valence-corrected chi connectivity index (χ2v) is 7.98. The second-order valence-electron chi connectivity index (χ2n) is 5.33. The molecule has 1 N–H and O–H groups in total. The molecule has 0 amide bonds. The minimum Gasteiger partial charge on any atom is -0.465 e. The van der Waals surface area contributed by atoms with Crippen LogP contribution in [0.25, 0.3) is 11.3 Å². The molecule has 0 aliphatic carbocycles. The molecule has 0 saturated heterocycles. The van der Waals surface area contributed by atoms with Gasteiger partial charge in [0.25, 0.3) is 0 Å². The van der Waals surface area contributed by atoms with Crippen LogP contribution >= 0.6 is 11.3 Å². The van der Waals surface area contributed by atoms with Gasteiger partial charge in [0.05, 0.1) is 25.0 Å². The predicted octanol–water partition coefficient (Wildman–Crippen LogP) is 2.61. The van der Waals surface area contributed by atoms with Crippen molar-refractivity contribution in [2.24, 2.45) is 0 Å². The van der Waals surface area contributed by atoms with Gasteiger partial charge in [-0.2, -0.15) is 0 Å². The van der Waals surface area contributed by atoms with Gasteiger partial charge in [-0.05, 0) is 41.8 Å². The molecule has 0 aliphatic rings. The normalized spacial score (nSPS) is 11.3. The number of methoxy groups -OCH3 is 1. The Kier molecular flexibility index (Phi) is 5.59. The van der Waals surface area contributed by atoms with Crippen molar-refractivity contribution in [1.82, 2.24) is 14.7 Å². The van der Waals surface area contributed by atoms with Crippen molar-refractivity contribution in [2.75, 3.05) is 7.11 Å². The molecule has 0 fully saturated rings. The zero-order valence-electron chi connectivity index (χ0n) is 14.0. The summed E-state index contributed by atoms with van der Waals surface area (Å²) in [5.74, 6) is -1.08.